The second-order valence-electron chi connectivity index (χ2n) is 3.81. The highest BCUT2D eigenvalue weighted by atomic mass is 79.9. The molecule has 0 aliphatic carbocycles. The number of rotatable bonds is 4. The van der Waals surface area contributed by atoms with Gasteiger partial charge in [0.15, 0.2) is 0 Å². The zero-order valence-electron chi connectivity index (χ0n) is 9.64. The van der Waals surface area contributed by atoms with Crippen LogP contribution in [0.3, 0.4) is 0 Å². The molecule has 0 fully saturated rings. The molecule has 1 aromatic heterocycles. The van der Waals surface area contributed by atoms with Gasteiger partial charge in [0.1, 0.15) is 5.76 Å². The van der Waals surface area contributed by atoms with Crippen molar-refractivity contribution in [2.45, 2.75) is 13.5 Å². The third kappa shape index (κ3) is 2.70. The van der Waals surface area contributed by atoms with Crippen molar-refractivity contribution in [3.63, 3.8) is 0 Å². The normalized spacial score (nSPS) is 10.3. The van der Waals surface area contributed by atoms with Crippen molar-refractivity contribution in [3.05, 3.63) is 56.4 Å². The molecule has 5 nitrogen and oxygen atoms in total. The van der Waals surface area contributed by atoms with Crippen molar-refractivity contribution in [2.24, 2.45) is 0 Å². The number of nitrogens with zero attached hydrogens (tertiary/aromatic N) is 1. The summed E-state index contributed by atoms with van der Waals surface area (Å²) in [5, 5.41) is 14.0. The van der Waals surface area contributed by atoms with E-state index in [4.69, 9.17) is 4.42 Å². The Bertz CT molecular complexity index is 567. The summed E-state index contributed by atoms with van der Waals surface area (Å²) < 4.78 is 5.97. The summed E-state index contributed by atoms with van der Waals surface area (Å²) in [6.45, 7) is 2.19. The quantitative estimate of drug-likeness (QED) is 0.687. The lowest BCUT2D eigenvalue weighted by Crippen LogP contribution is -2.01. The van der Waals surface area contributed by atoms with E-state index in [2.05, 4.69) is 21.2 Å². The van der Waals surface area contributed by atoms with E-state index < -0.39 is 0 Å². The van der Waals surface area contributed by atoms with Crippen LogP contribution in [0.25, 0.3) is 0 Å². The van der Waals surface area contributed by atoms with E-state index in [0.29, 0.717) is 17.8 Å². The molecule has 1 N–H and O–H groups in total. The molecule has 0 spiro atoms. The molecule has 2 aromatic rings. The highest BCUT2D eigenvalue weighted by molar-refractivity contribution is 9.10. The fraction of sp³-hybridized carbons (Fsp3) is 0.167. The molecule has 94 valence electrons. The SMILES string of the molecule is Cc1cc(Br)c(NCc2ccco2)cc1[N+](=O)[O-]. The van der Waals surface area contributed by atoms with Crippen molar-refractivity contribution in [1.82, 2.24) is 0 Å². The molecule has 0 radical (unpaired) electrons. The van der Waals surface area contributed by atoms with Gasteiger partial charge >= 0.3 is 0 Å². The van der Waals surface area contributed by atoms with Gasteiger partial charge in [-0.15, -0.1) is 0 Å². The van der Waals surface area contributed by atoms with E-state index in [1.807, 2.05) is 6.07 Å². The van der Waals surface area contributed by atoms with Crippen LogP contribution in [-0.4, -0.2) is 4.92 Å². The van der Waals surface area contributed by atoms with Crippen molar-refractivity contribution in [2.75, 3.05) is 5.32 Å². The molecule has 0 saturated carbocycles. The largest absolute Gasteiger partial charge is 0.467 e. The Morgan fingerprint density at radius 3 is 2.89 bits per heavy atom. The molecular weight excluding hydrogens is 300 g/mol. The highest BCUT2D eigenvalue weighted by Crippen LogP contribution is 2.30. The maximum atomic E-state index is 10.9. The number of nitrogens with one attached hydrogen (secondary N) is 1. The van der Waals surface area contributed by atoms with E-state index in [1.54, 1.807) is 25.3 Å². The van der Waals surface area contributed by atoms with Gasteiger partial charge < -0.3 is 9.73 Å². The van der Waals surface area contributed by atoms with Crippen LogP contribution >= 0.6 is 15.9 Å². The second-order valence-corrected chi connectivity index (χ2v) is 4.66. The van der Waals surface area contributed by atoms with E-state index in [9.17, 15) is 10.1 Å². The van der Waals surface area contributed by atoms with Crippen LogP contribution < -0.4 is 5.32 Å². The van der Waals surface area contributed by atoms with E-state index in [-0.39, 0.29) is 10.6 Å². The Balaban J connectivity index is 2.22. The summed E-state index contributed by atoms with van der Waals surface area (Å²) in [5.74, 6) is 0.769. The minimum absolute atomic E-state index is 0.0974. The molecule has 0 saturated heterocycles. The first-order valence-electron chi connectivity index (χ1n) is 5.28. The average Bonchev–Trinajstić information content (AvgIpc) is 2.80. The monoisotopic (exact) mass is 310 g/mol. The second kappa shape index (κ2) is 5.22. The maximum absolute atomic E-state index is 10.9. The van der Waals surface area contributed by atoms with E-state index >= 15 is 0 Å². The van der Waals surface area contributed by atoms with Crippen molar-refractivity contribution in [3.8, 4) is 0 Å². The Kier molecular flexibility index (Phi) is 3.66. The van der Waals surface area contributed by atoms with Crippen LogP contribution in [0.15, 0.2) is 39.4 Å². The van der Waals surface area contributed by atoms with Crippen LogP contribution in [0.2, 0.25) is 0 Å². The Morgan fingerprint density at radius 1 is 1.50 bits per heavy atom. The predicted molar refractivity (Wildman–Crippen MR) is 71.6 cm³/mol. The Hall–Kier alpha value is -1.82. The molecule has 0 amide bonds. The van der Waals surface area contributed by atoms with Gasteiger partial charge in [-0.3, -0.25) is 10.1 Å². The van der Waals surface area contributed by atoms with Gasteiger partial charge in [0.25, 0.3) is 5.69 Å². The number of halogens is 1. The average molecular weight is 311 g/mol. The zero-order valence-corrected chi connectivity index (χ0v) is 11.2. The Labute approximate surface area is 112 Å². The van der Waals surface area contributed by atoms with Crippen LogP contribution in [0.4, 0.5) is 11.4 Å². The summed E-state index contributed by atoms with van der Waals surface area (Å²) in [6, 6.07) is 6.87. The summed E-state index contributed by atoms with van der Waals surface area (Å²) >= 11 is 3.38. The minimum Gasteiger partial charge on any atom is -0.467 e. The fourth-order valence-electron chi connectivity index (χ4n) is 1.59. The van der Waals surface area contributed by atoms with Crippen molar-refractivity contribution >= 4 is 27.3 Å². The smallest absolute Gasteiger partial charge is 0.274 e. The molecule has 0 atom stereocenters. The third-order valence-corrected chi connectivity index (χ3v) is 3.17. The molecule has 0 bridgehead atoms. The summed E-state index contributed by atoms with van der Waals surface area (Å²) in [7, 11) is 0. The number of anilines is 1. The van der Waals surface area contributed by atoms with Gasteiger partial charge in [0, 0.05) is 16.1 Å². The lowest BCUT2D eigenvalue weighted by molar-refractivity contribution is -0.385. The molecule has 0 unspecified atom stereocenters. The minimum atomic E-state index is -0.389. The first kappa shape index (κ1) is 12.6. The number of hydrogen-bond acceptors (Lipinski definition) is 4. The van der Waals surface area contributed by atoms with Crippen LogP contribution in [-0.2, 0) is 6.54 Å². The lowest BCUT2D eigenvalue weighted by Gasteiger charge is -2.08. The number of nitro benzene ring substituents is 1. The molecule has 1 aromatic carbocycles. The zero-order chi connectivity index (χ0) is 13.1. The lowest BCUT2D eigenvalue weighted by atomic mass is 10.2. The predicted octanol–water partition coefficient (Wildman–Crippen LogP) is 3.87. The fourth-order valence-corrected chi connectivity index (χ4v) is 2.19. The molecule has 6 heteroatoms. The summed E-state index contributed by atoms with van der Waals surface area (Å²) in [4.78, 5) is 10.5. The van der Waals surface area contributed by atoms with Crippen LogP contribution in [0.1, 0.15) is 11.3 Å². The number of benzene rings is 1. The first-order chi connectivity index (χ1) is 8.58. The summed E-state index contributed by atoms with van der Waals surface area (Å²) in [6.07, 6.45) is 1.59. The molecule has 1 heterocycles. The van der Waals surface area contributed by atoms with Crippen LogP contribution in [0, 0.1) is 17.0 Å². The van der Waals surface area contributed by atoms with Gasteiger partial charge in [0.2, 0.25) is 0 Å². The molecule has 0 aliphatic heterocycles. The highest BCUT2D eigenvalue weighted by Gasteiger charge is 2.14. The Morgan fingerprint density at radius 2 is 2.28 bits per heavy atom. The standard InChI is InChI=1S/C12H11BrN2O3/c1-8-5-10(13)11(6-12(8)15(16)17)14-7-9-3-2-4-18-9/h2-6,14H,7H2,1H3. The van der Waals surface area contributed by atoms with Gasteiger partial charge in [-0.25, -0.2) is 0 Å². The number of hydrogen-bond donors (Lipinski definition) is 1. The topological polar surface area (TPSA) is 68.3 Å². The van der Waals surface area contributed by atoms with Gasteiger partial charge in [-0.2, -0.15) is 0 Å². The van der Waals surface area contributed by atoms with E-state index in [0.717, 1.165) is 10.2 Å². The third-order valence-electron chi connectivity index (χ3n) is 2.52. The van der Waals surface area contributed by atoms with Crippen molar-refractivity contribution < 1.29 is 9.34 Å². The number of aryl methyl sites for hydroxylation is 1. The molecule has 0 aliphatic rings. The number of nitro groups is 1. The maximum Gasteiger partial charge on any atom is 0.274 e. The van der Waals surface area contributed by atoms with Gasteiger partial charge in [0.05, 0.1) is 23.4 Å². The molecule has 2 rings (SSSR count). The molecular formula is C12H11BrN2O3. The van der Waals surface area contributed by atoms with Gasteiger partial charge in [-0.1, -0.05) is 0 Å². The summed E-state index contributed by atoms with van der Waals surface area (Å²) in [5.41, 5.74) is 1.39. The van der Waals surface area contributed by atoms with Crippen LogP contribution in [0.5, 0.6) is 0 Å². The van der Waals surface area contributed by atoms with Gasteiger partial charge in [-0.05, 0) is 41.1 Å². The number of furan rings is 1. The van der Waals surface area contributed by atoms with E-state index in [1.165, 1.54) is 6.07 Å². The first-order valence-corrected chi connectivity index (χ1v) is 6.08. The van der Waals surface area contributed by atoms with Crippen molar-refractivity contribution in [1.29, 1.82) is 0 Å². The molecule has 18 heavy (non-hydrogen) atoms.